The van der Waals surface area contributed by atoms with Gasteiger partial charge in [0.05, 0.1) is 0 Å². The standard InChI is InChI=1S/C11H10F4NO.Y/c1-3-10(2,17)8-6-7(4-5-9(8)12)16-11(13,14)15;/h3-6,17H,1H2,2H3;/q-1;. The Hall–Kier alpha value is -0.456. The zero-order valence-corrected chi connectivity index (χ0v) is 12.3. The van der Waals surface area contributed by atoms with Gasteiger partial charge in [-0.15, -0.1) is 5.69 Å². The third-order valence-electron chi connectivity index (χ3n) is 2.15. The molecule has 1 atom stereocenters. The van der Waals surface area contributed by atoms with Crippen LogP contribution in [0.3, 0.4) is 0 Å². The van der Waals surface area contributed by atoms with Crippen LogP contribution in [0.25, 0.3) is 5.32 Å². The van der Waals surface area contributed by atoms with Gasteiger partial charge in [-0.05, 0) is 13.0 Å². The van der Waals surface area contributed by atoms with Gasteiger partial charge in [0, 0.05) is 38.3 Å². The predicted octanol–water partition coefficient (Wildman–Crippen LogP) is 3.74. The summed E-state index contributed by atoms with van der Waals surface area (Å²) in [4.78, 5) is 0. The maximum Gasteiger partial charge on any atom is 0.332 e. The molecule has 1 aromatic rings. The van der Waals surface area contributed by atoms with Crippen molar-refractivity contribution in [1.29, 1.82) is 0 Å². The first-order valence-corrected chi connectivity index (χ1v) is 4.61. The van der Waals surface area contributed by atoms with Crippen molar-refractivity contribution in [3.05, 3.63) is 47.6 Å². The quantitative estimate of drug-likeness (QED) is 0.509. The molecule has 0 aliphatic heterocycles. The second kappa shape index (κ2) is 6.13. The number of aliphatic hydroxyl groups is 1. The summed E-state index contributed by atoms with van der Waals surface area (Å²) in [6.45, 7) is 4.50. The van der Waals surface area contributed by atoms with Gasteiger partial charge in [-0.25, -0.2) is 4.39 Å². The summed E-state index contributed by atoms with van der Waals surface area (Å²) < 4.78 is 49.4. The van der Waals surface area contributed by atoms with Gasteiger partial charge in [-0.2, -0.15) is 13.2 Å². The van der Waals surface area contributed by atoms with E-state index in [4.69, 9.17) is 0 Å². The van der Waals surface area contributed by atoms with Gasteiger partial charge >= 0.3 is 6.30 Å². The molecule has 1 rings (SSSR count). The molecule has 2 nitrogen and oxygen atoms in total. The molecule has 1 aromatic carbocycles. The van der Waals surface area contributed by atoms with Crippen molar-refractivity contribution >= 4 is 5.69 Å². The molecule has 0 amide bonds. The fourth-order valence-electron chi connectivity index (χ4n) is 1.23. The second-order valence-corrected chi connectivity index (χ2v) is 3.60. The van der Waals surface area contributed by atoms with E-state index in [-0.39, 0.29) is 38.3 Å². The Morgan fingerprint density at radius 3 is 2.33 bits per heavy atom. The van der Waals surface area contributed by atoms with Crippen molar-refractivity contribution < 1.29 is 55.4 Å². The van der Waals surface area contributed by atoms with Crippen LogP contribution in [-0.2, 0) is 38.3 Å². The van der Waals surface area contributed by atoms with Crippen molar-refractivity contribution in [2.24, 2.45) is 0 Å². The Bertz CT molecular complexity index is 432. The van der Waals surface area contributed by atoms with Gasteiger partial charge in [-0.3, -0.25) is 0 Å². The number of alkyl halides is 3. The van der Waals surface area contributed by atoms with E-state index in [1.807, 2.05) is 0 Å². The monoisotopic (exact) mass is 337 g/mol. The second-order valence-electron chi connectivity index (χ2n) is 3.60. The van der Waals surface area contributed by atoms with Crippen LogP contribution in [0.5, 0.6) is 0 Å². The molecule has 0 aliphatic carbocycles. The van der Waals surface area contributed by atoms with E-state index in [1.54, 1.807) is 0 Å². The molecular formula is C11H10F4NOY-. The molecule has 0 fully saturated rings. The molecule has 7 heteroatoms. The maximum absolute atomic E-state index is 13.4. The molecule has 1 N–H and O–H groups in total. The molecule has 0 spiro atoms. The van der Waals surface area contributed by atoms with E-state index in [0.29, 0.717) is 0 Å². The van der Waals surface area contributed by atoms with Gasteiger partial charge in [0.1, 0.15) is 11.4 Å². The number of rotatable bonds is 3. The minimum Gasteiger partial charge on any atom is -0.596 e. The van der Waals surface area contributed by atoms with Crippen LogP contribution >= 0.6 is 0 Å². The average Bonchev–Trinajstić information content (AvgIpc) is 2.18. The molecule has 0 aliphatic rings. The van der Waals surface area contributed by atoms with E-state index >= 15 is 0 Å². The topological polar surface area (TPSA) is 34.3 Å². The zero-order valence-electron chi connectivity index (χ0n) is 9.50. The van der Waals surface area contributed by atoms with Crippen molar-refractivity contribution in [2.75, 3.05) is 0 Å². The first kappa shape index (κ1) is 17.5. The summed E-state index contributed by atoms with van der Waals surface area (Å²) in [5.74, 6) is -0.823. The Morgan fingerprint density at radius 2 is 1.89 bits per heavy atom. The molecule has 0 saturated heterocycles. The summed E-state index contributed by atoms with van der Waals surface area (Å²) in [7, 11) is 0. The number of hydrogen-bond acceptors (Lipinski definition) is 1. The van der Waals surface area contributed by atoms with E-state index < -0.39 is 23.4 Å². The van der Waals surface area contributed by atoms with Crippen molar-refractivity contribution in [2.45, 2.75) is 18.8 Å². The predicted molar refractivity (Wildman–Crippen MR) is 55.2 cm³/mol. The van der Waals surface area contributed by atoms with Crippen LogP contribution in [0, 0.1) is 5.82 Å². The molecule has 0 aromatic heterocycles. The first-order valence-electron chi connectivity index (χ1n) is 4.61. The van der Waals surface area contributed by atoms with Crippen LogP contribution in [-0.4, -0.2) is 11.4 Å². The molecule has 0 saturated carbocycles. The van der Waals surface area contributed by atoms with Crippen LogP contribution in [0.2, 0.25) is 0 Å². The molecule has 18 heavy (non-hydrogen) atoms. The number of halogens is 4. The SMILES string of the molecule is C=CC(C)(O)c1cc([N-]C(F)(F)F)ccc1F.[Y]. The Balaban J connectivity index is 0.00000289. The maximum atomic E-state index is 13.4. The van der Waals surface area contributed by atoms with Gasteiger partial charge in [0.15, 0.2) is 0 Å². The zero-order chi connectivity index (χ0) is 13.3. The fraction of sp³-hybridized carbons (Fsp3) is 0.273. The van der Waals surface area contributed by atoms with Gasteiger partial charge in [-0.1, -0.05) is 24.8 Å². The molecule has 97 valence electrons. The summed E-state index contributed by atoms with van der Waals surface area (Å²) >= 11 is 0. The van der Waals surface area contributed by atoms with E-state index in [1.165, 1.54) is 6.92 Å². The Morgan fingerprint density at radius 1 is 1.33 bits per heavy atom. The van der Waals surface area contributed by atoms with Crippen molar-refractivity contribution in [3.8, 4) is 0 Å². The largest absolute Gasteiger partial charge is 0.596 e. The molecule has 1 radical (unpaired) electrons. The van der Waals surface area contributed by atoms with Gasteiger partial charge in [0.25, 0.3) is 0 Å². The van der Waals surface area contributed by atoms with Gasteiger partial charge < -0.3 is 10.4 Å². The van der Waals surface area contributed by atoms with Crippen molar-refractivity contribution in [1.82, 2.24) is 0 Å². The molecule has 0 bridgehead atoms. The van der Waals surface area contributed by atoms with Crippen LogP contribution in [0.1, 0.15) is 12.5 Å². The number of benzene rings is 1. The minimum atomic E-state index is -4.74. The van der Waals surface area contributed by atoms with Crippen LogP contribution in [0.4, 0.5) is 23.2 Å². The first-order chi connectivity index (χ1) is 7.65. The third kappa shape index (κ3) is 4.67. The Kier molecular flexibility index (Phi) is 5.97. The Labute approximate surface area is 127 Å². The van der Waals surface area contributed by atoms with E-state index in [0.717, 1.165) is 24.3 Å². The molecule has 0 heterocycles. The summed E-state index contributed by atoms with van der Waals surface area (Å²) in [5.41, 5.74) is -2.53. The van der Waals surface area contributed by atoms with Crippen molar-refractivity contribution in [3.63, 3.8) is 0 Å². The minimum absolute atomic E-state index is 0. The molecular weight excluding hydrogens is 327 g/mol. The number of hydrogen-bond donors (Lipinski definition) is 1. The fourth-order valence-corrected chi connectivity index (χ4v) is 1.23. The van der Waals surface area contributed by atoms with Crippen LogP contribution < -0.4 is 0 Å². The van der Waals surface area contributed by atoms with E-state index in [9.17, 15) is 22.7 Å². The summed E-state index contributed by atoms with van der Waals surface area (Å²) in [6.07, 6.45) is -3.71. The molecule has 1 unspecified atom stereocenters. The van der Waals surface area contributed by atoms with Crippen LogP contribution in [0.15, 0.2) is 30.9 Å². The third-order valence-corrected chi connectivity index (χ3v) is 2.15. The normalized spacial score (nSPS) is 14.3. The van der Waals surface area contributed by atoms with Gasteiger partial charge in [0.2, 0.25) is 0 Å². The average molecular weight is 337 g/mol. The smallest absolute Gasteiger partial charge is 0.332 e. The number of nitrogens with zero attached hydrogens (tertiary/aromatic N) is 1. The van der Waals surface area contributed by atoms with E-state index in [2.05, 4.69) is 11.9 Å². The summed E-state index contributed by atoms with van der Waals surface area (Å²) in [6, 6.07) is 2.54. The summed E-state index contributed by atoms with van der Waals surface area (Å²) in [5, 5.41) is 12.1.